The van der Waals surface area contributed by atoms with E-state index in [1.54, 1.807) is 18.2 Å². The molecule has 2 aliphatic rings. The topological polar surface area (TPSA) is 38.3 Å². The summed E-state index contributed by atoms with van der Waals surface area (Å²) in [6.07, 6.45) is 3.50. The van der Waals surface area contributed by atoms with Crippen LogP contribution in [0.1, 0.15) is 24.8 Å². The van der Waals surface area contributed by atoms with E-state index in [2.05, 4.69) is 5.32 Å². The third-order valence-electron chi connectivity index (χ3n) is 4.33. The maximum absolute atomic E-state index is 13.4. The van der Waals surface area contributed by atoms with Crippen LogP contribution >= 0.6 is 0 Å². The monoisotopic (exact) mass is 263 g/mol. The van der Waals surface area contributed by atoms with E-state index in [1.165, 1.54) is 18.9 Å². The molecule has 3 atom stereocenters. The van der Waals surface area contributed by atoms with E-state index < -0.39 is 0 Å². The molecule has 3 nitrogen and oxygen atoms in total. The molecule has 1 N–H and O–H groups in total. The number of halogens is 1. The highest BCUT2D eigenvalue weighted by molar-refractivity contribution is 5.76. The molecule has 1 aromatic rings. The van der Waals surface area contributed by atoms with Crippen molar-refractivity contribution in [3.05, 3.63) is 35.6 Å². The van der Waals surface area contributed by atoms with E-state index >= 15 is 0 Å². The van der Waals surface area contributed by atoms with E-state index in [-0.39, 0.29) is 24.4 Å². The zero-order valence-corrected chi connectivity index (χ0v) is 10.8. The second kappa shape index (κ2) is 5.29. The van der Waals surface area contributed by atoms with Crippen LogP contribution in [-0.4, -0.2) is 18.6 Å². The smallest absolute Gasteiger partial charge is 0.323 e. The van der Waals surface area contributed by atoms with Crippen LogP contribution in [0.5, 0.6) is 0 Å². The average Bonchev–Trinajstić information content (AvgIpc) is 2.99. The van der Waals surface area contributed by atoms with Gasteiger partial charge >= 0.3 is 5.97 Å². The Labute approximate surface area is 112 Å². The fraction of sp³-hybridized carbons (Fsp3) is 0.533. The van der Waals surface area contributed by atoms with Gasteiger partial charge in [-0.05, 0) is 37.3 Å². The number of esters is 1. The average molecular weight is 263 g/mol. The zero-order valence-electron chi connectivity index (χ0n) is 10.8. The summed E-state index contributed by atoms with van der Waals surface area (Å²) in [7, 11) is 0. The molecule has 0 spiro atoms. The van der Waals surface area contributed by atoms with Gasteiger partial charge < -0.3 is 10.1 Å². The van der Waals surface area contributed by atoms with Crippen molar-refractivity contribution in [3.8, 4) is 0 Å². The maximum atomic E-state index is 13.4. The Balaban J connectivity index is 1.58. The first-order valence-electron chi connectivity index (χ1n) is 6.89. The van der Waals surface area contributed by atoms with Crippen LogP contribution in [0.2, 0.25) is 0 Å². The molecule has 0 radical (unpaired) electrons. The van der Waals surface area contributed by atoms with Gasteiger partial charge in [0.05, 0.1) is 0 Å². The molecule has 3 rings (SSSR count). The number of carbonyl (C=O) groups is 1. The minimum absolute atomic E-state index is 0.0150. The van der Waals surface area contributed by atoms with Crippen LogP contribution in [0.15, 0.2) is 24.3 Å². The standard InChI is InChI=1S/C15H18FNO2/c16-13-7-2-1-4-11(13)9-19-15(18)14-12-6-3-5-10(12)8-17-14/h1-2,4,7,10,12,14,17H,3,5-6,8-9H2. The van der Waals surface area contributed by atoms with Crippen LogP contribution in [0.25, 0.3) is 0 Å². The summed E-state index contributed by atoms with van der Waals surface area (Å²) in [5, 5.41) is 3.24. The van der Waals surface area contributed by atoms with Crippen molar-refractivity contribution in [2.75, 3.05) is 6.54 Å². The number of hydrogen-bond acceptors (Lipinski definition) is 3. The van der Waals surface area contributed by atoms with Crippen molar-refractivity contribution < 1.29 is 13.9 Å². The van der Waals surface area contributed by atoms with Crippen molar-refractivity contribution in [1.82, 2.24) is 5.32 Å². The van der Waals surface area contributed by atoms with Gasteiger partial charge in [0.15, 0.2) is 0 Å². The minimum atomic E-state index is -0.326. The van der Waals surface area contributed by atoms with Crippen LogP contribution in [0.4, 0.5) is 4.39 Å². The highest BCUT2D eigenvalue weighted by atomic mass is 19.1. The SMILES string of the molecule is O=C(OCc1ccccc1F)C1NCC2CCCC21. The molecule has 2 fully saturated rings. The summed E-state index contributed by atoms with van der Waals surface area (Å²) in [4.78, 5) is 12.1. The normalized spacial score (nSPS) is 29.2. The van der Waals surface area contributed by atoms with Crippen molar-refractivity contribution in [2.45, 2.75) is 31.9 Å². The Hall–Kier alpha value is -1.42. The van der Waals surface area contributed by atoms with Gasteiger partial charge in [0.25, 0.3) is 0 Å². The van der Waals surface area contributed by atoms with Crippen molar-refractivity contribution in [1.29, 1.82) is 0 Å². The Morgan fingerprint density at radius 3 is 3.05 bits per heavy atom. The lowest BCUT2D eigenvalue weighted by Crippen LogP contribution is -2.37. The molecular weight excluding hydrogens is 245 g/mol. The molecule has 1 aromatic carbocycles. The molecular formula is C15H18FNO2. The summed E-state index contributed by atoms with van der Waals surface area (Å²) < 4.78 is 18.7. The minimum Gasteiger partial charge on any atom is -0.460 e. The number of nitrogens with one attached hydrogen (secondary N) is 1. The van der Waals surface area contributed by atoms with E-state index in [9.17, 15) is 9.18 Å². The number of hydrogen-bond donors (Lipinski definition) is 1. The van der Waals surface area contributed by atoms with Gasteiger partial charge in [-0.3, -0.25) is 4.79 Å². The van der Waals surface area contributed by atoms with Gasteiger partial charge in [0, 0.05) is 5.56 Å². The van der Waals surface area contributed by atoms with E-state index in [1.807, 2.05) is 0 Å². The highest BCUT2D eigenvalue weighted by Gasteiger charge is 2.43. The number of fused-ring (bicyclic) bond motifs is 1. The van der Waals surface area contributed by atoms with Crippen LogP contribution in [0.3, 0.4) is 0 Å². The predicted octanol–water partition coefficient (Wildman–Crippen LogP) is 2.26. The van der Waals surface area contributed by atoms with Gasteiger partial charge in [0.2, 0.25) is 0 Å². The largest absolute Gasteiger partial charge is 0.460 e. The lowest BCUT2D eigenvalue weighted by atomic mass is 9.94. The number of carbonyl (C=O) groups excluding carboxylic acids is 1. The Morgan fingerprint density at radius 1 is 1.37 bits per heavy atom. The Bertz CT molecular complexity index is 477. The molecule has 0 amide bonds. The van der Waals surface area contributed by atoms with Crippen LogP contribution in [0, 0.1) is 17.7 Å². The number of ether oxygens (including phenoxy) is 1. The molecule has 1 saturated heterocycles. The van der Waals surface area contributed by atoms with Crippen molar-refractivity contribution in [2.24, 2.45) is 11.8 Å². The predicted molar refractivity (Wildman–Crippen MR) is 68.8 cm³/mol. The van der Waals surface area contributed by atoms with Crippen LogP contribution in [-0.2, 0) is 16.1 Å². The second-order valence-electron chi connectivity index (χ2n) is 5.44. The van der Waals surface area contributed by atoms with Crippen molar-refractivity contribution >= 4 is 5.97 Å². The first-order valence-corrected chi connectivity index (χ1v) is 6.89. The summed E-state index contributed by atoms with van der Waals surface area (Å²) in [5.74, 6) is 0.463. The van der Waals surface area contributed by atoms with E-state index in [0.29, 0.717) is 17.4 Å². The molecule has 1 aliphatic carbocycles. The lowest BCUT2D eigenvalue weighted by Gasteiger charge is -2.17. The molecule has 19 heavy (non-hydrogen) atoms. The summed E-state index contributed by atoms with van der Waals surface area (Å²) >= 11 is 0. The lowest BCUT2D eigenvalue weighted by molar-refractivity contribution is -0.148. The quantitative estimate of drug-likeness (QED) is 0.850. The Morgan fingerprint density at radius 2 is 2.21 bits per heavy atom. The second-order valence-corrected chi connectivity index (χ2v) is 5.44. The van der Waals surface area contributed by atoms with E-state index in [4.69, 9.17) is 4.74 Å². The highest BCUT2D eigenvalue weighted by Crippen LogP contribution is 2.38. The fourth-order valence-corrected chi connectivity index (χ4v) is 3.30. The Kier molecular flexibility index (Phi) is 3.51. The number of rotatable bonds is 3. The first kappa shape index (κ1) is 12.6. The molecule has 1 heterocycles. The van der Waals surface area contributed by atoms with Gasteiger partial charge in [-0.1, -0.05) is 24.6 Å². The summed E-state index contributed by atoms with van der Waals surface area (Å²) in [6.45, 7) is 0.922. The van der Waals surface area contributed by atoms with Gasteiger partial charge in [-0.15, -0.1) is 0 Å². The first-order chi connectivity index (χ1) is 9.25. The maximum Gasteiger partial charge on any atom is 0.323 e. The molecule has 102 valence electrons. The van der Waals surface area contributed by atoms with Crippen molar-refractivity contribution in [3.63, 3.8) is 0 Å². The van der Waals surface area contributed by atoms with Crippen LogP contribution < -0.4 is 5.32 Å². The molecule has 1 aliphatic heterocycles. The third kappa shape index (κ3) is 2.50. The summed E-state index contributed by atoms with van der Waals surface area (Å²) in [5.41, 5.74) is 0.428. The third-order valence-corrected chi connectivity index (χ3v) is 4.33. The molecule has 4 heteroatoms. The number of benzene rings is 1. The van der Waals surface area contributed by atoms with Gasteiger partial charge in [0.1, 0.15) is 18.5 Å². The zero-order chi connectivity index (χ0) is 13.2. The molecule has 1 saturated carbocycles. The van der Waals surface area contributed by atoms with E-state index in [0.717, 1.165) is 13.0 Å². The fourth-order valence-electron chi connectivity index (χ4n) is 3.30. The molecule has 0 aromatic heterocycles. The molecule has 3 unspecified atom stereocenters. The van der Waals surface area contributed by atoms with Gasteiger partial charge in [-0.2, -0.15) is 0 Å². The molecule has 0 bridgehead atoms. The summed E-state index contributed by atoms with van der Waals surface area (Å²) in [6, 6.07) is 6.20. The van der Waals surface area contributed by atoms with Gasteiger partial charge in [-0.25, -0.2) is 4.39 Å².